The summed E-state index contributed by atoms with van der Waals surface area (Å²) >= 11 is 0. The molecule has 0 radical (unpaired) electrons. The molecule has 1 atom stereocenters. The van der Waals surface area contributed by atoms with Crippen molar-refractivity contribution >= 4 is 16.0 Å². The zero-order chi connectivity index (χ0) is 16.3. The van der Waals surface area contributed by atoms with Crippen LogP contribution in [0.3, 0.4) is 0 Å². The minimum Gasteiger partial charge on any atom is -0.341 e. The average Bonchev–Trinajstić information content (AvgIpc) is 3.17. The van der Waals surface area contributed by atoms with E-state index in [1.54, 1.807) is 0 Å². The van der Waals surface area contributed by atoms with E-state index >= 15 is 0 Å². The Morgan fingerprint density at radius 1 is 1.22 bits per heavy atom. The van der Waals surface area contributed by atoms with E-state index in [4.69, 9.17) is 0 Å². The third kappa shape index (κ3) is 4.86. The van der Waals surface area contributed by atoms with Gasteiger partial charge in [0.1, 0.15) is 0 Å². The molecule has 7 nitrogen and oxygen atoms in total. The summed E-state index contributed by atoms with van der Waals surface area (Å²) in [5, 5.41) is 0. The molecule has 0 saturated carbocycles. The third-order valence-corrected chi connectivity index (χ3v) is 5.18. The molecule has 1 N–H and O–H groups in total. The minimum atomic E-state index is -3.09. The van der Waals surface area contributed by atoms with Gasteiger partial charge in [0.05, 0.1) is 6.26 Å². The molecule has 23 heavy (non-hydrogen) atoms. The molecule has 0 aromatic carbocycles. The normalized spacial score (nSPS) is 22.8. The first-order chi connectivity index (χ1) is 11.0. The van der Waals surface area contributed by atoms with Gasteiger partial charge in [-0.25, -0.2) is 23.1 Å². The summed E-state index contributed by atoms with van der Waals surface area (Å²) in [6.45, 7) is 5.37. The van der Waals surface area contributed by atoms with Gasteiger partial charge in [-0.2, -0.15) is 0 Å². The van der Waals surface area contributed by atoms with E-state index < -0.39 is 10.0 Å². The number of hydrogen-bond acceptors (Lipinski definition) is 6. The lowest BCUT2D eigenvalue weighted by Gasteiger charge is -2.17. The Bertz CT molecular complexity index is 613. The Morgan fingerprint density at radius 3 is 2.57 bits per heavy atom. The Labute approximate surface area is 138 Å². The van der Waals surface area contributed by atoms with E-state index in [0.29, 0.717) is 12.5 Å². The number of aromatic nitrogens is 2. The standard InChI is InChI=1S/C15H25N5O2S/c1-23(21,22)18-10-13-4-7-19(11-13)12-14-8-16-15(17-9-14)20-5-2-3-6-20/h8-9,13,18H,2-7,10-12H2,1H3. The maximum atomic E-state index is 11.2. The summed E-state index contributed by atoms with van der Waals surface area (Å²) in [7, 11) is -3.09. The van der Waals surface area contributed by atoms with Crippen molar-refractivity contribution in [3.63, 3.8) is 0 Å². The van der Waals surface area contributed by atoms with E-state index in [0.717, 1.165) is 50.7 Å². The molecule has 1 aromatic rings. The molecule has 1 unspecified atom stereocenters. The van der Waals surface area contributed by atoms with Gasteiger partial charge >= 0.3 is 0 Å². The highest BCUT2D eigenvalue weighted by molar-refractivity contribution is 7.88. The van der Waals surface area contributed by atoms with Gasteiger partial charge in [0, 0.05) is 50.7 Å². The molecule has 1 aromatic heterocycles. The Hall–Kier alpha value is -1.25. The molecular weight excluding hydrogens is 314 g/mol. The molecule has 2 saturated heterocycles. The first-order valence-corrected chi connectivity index (χ1v) is 10.1. The summed E-state index contributed by atoms with van der Waals surface area (Å²) in [6, 6.07) is 0. The largest absolute Gasteiger partial charge is 0.341 e. The molecule has 0 aliphatic carbocycles. The second-order valence-corrected chi connectivity index (χ2v) is 8.43. The Kier molecular flexibility index (Phi) is 5.13. The van der Waals surface area contributed by atoms with Crippen molar-refractivity contribution in [2.24, 2.45) is 5.92 Å². The second kappa shape index (κ2) is 7.11. The van der Waals surface area contributed by atoms with Crippen LogP contribution in [0.5, 0.6) is 0 Å². The molecule has 2 aliphatic heterocycles. The fourth-order valence-corrected chi connectivity index (χ4v) is 3.80. The summed E-state index contributed by atoms with van der Waals surface area (Å²) < 4.78 is 24.9. The average molecular weight is 339 g/mol. The van der Waals surface area contributed by atoms with E-state index in [1.807, 2.05) is 12.4 Å². The van der Waals surface area contributed by atoms with Crippen LogP contribution in [-0.4, -0.2) is 62.3 Å². The van der Waals surface area contributed by atoms with Crippen molar-refractivity contribution in [1.82, 2.24) is 19.6 Å². The van der Waals surface area contributed by atoms with E-state index in [1.165, 1.54) is 19.1 Å². The predicted octanol–water partition coefficient (Wildman–Crippen LogP) is 0.448. The van der Waals surface area contributed by atoms with Crippen LogP contribution in [0.15, 0.2) is 12.4 Å². The first kappa shape index (κ1) is 16.6. The first-order valence-electron chi connectivity index (χ1n) is 8.22. The minimum absolute atomic E-state index is 0.384. The molecule has 3 rings (SSSR count). The van der Waals surface area contributed by atoms with Crippen LogP contribution in [-0.2, 0) is 16.6 Å². The van der Waals surface area contributed by atoms with Crippen LogP contribution < -0.4 is 9.62 Å². The van der Waals surface area contributed by atoms with Crippen molar-refractivity contribution in [3.8, 4) is 0 Å². The van der Waals surface area contributed by atoms with Crippen LogP contribution in [0, 0.1) is 5.92 Å². The number of likely N-dealkylation sites (tertiary alicyclic amines) is 1. The number of hydrogen-bond donors (Lipinski definition) is 1. The van der Waals surface area contributed by atoms with Crippen LogP contribution in [0.4, 0.5) is 5.95 Å². The molecule has 0 bridgehead atoms. The molecule has 2 aliphatic rings. The van der Waals surface area contributed by atoms with Crippen LogP contribution in [0.2, 0.25) is 0 Å². The fourth-order valence-electron chi connectivity index (χ4n) is 3.26. The monoisotopic (exact) mass is 339 g/mol. The van der Waals surface area contributed by atoms with E-state index in [-0.39, 0.29) is 0 Å². The lowest BCUT2D eigenvalue weighted by molar-refractivity contribution is 0.316. The zero-order valence-electron chi connectivity index (χ0n) is 13.6. The number of anilines is 1. The van der Waals surface area contributed by atoms with Crippen LogP contribution in [0.25, 0.3) is 0 Å². The summed E-state index contributed by atoms with van der Waals surface area (Å²) in [4.78, 5) is 13.5. The third-order valence-electron chi connectivity index (χ3n) is 4.49. The number of rotatable bonds is 6. The summed E-state index contributed by atoms with van der Waals surface area (Å²) in [6.07, 6.45) is 8.52. The molecule has 128 valence electrons. The van der Waals surface area contributed by atoms with Crippen LogP contribution in [0.1, 0.15) is 24.8 Å². The maximum absolute atomic E-state index is 11.2. The smallest absolute Gasteiger partial charge is 0.225 e. The van der Waals surface area contributed by atoms with Gasteiger partial charge < -0.3 is 4.90 Å². The molecule has 2 fully saturated rings. The maximum Gasteiger partial charge on any atom is 0.225 e. The van der Waals surface area contributed by atoms with Gasteiger partial charge in [0.15, 0.2) is 0 Å². The topological polar surface area (TPSA) is 78.4 Å². The lowest BCUT2D eigenvalue weighted by atomic mass is 10.1. The summed E-state index contributed by atoms with van der Waals surface area (Å²) in [5.41, 5.74) is 1.12. The van der Waals surface area contributed by atoms with E-state index in [9.17, 15) is 8.42 Å². The van der Waals surface area contributed by atoms with E-state index in [2.05, 4.69) is 24.5 Å². The molecule has 3 heterocycles. The highest BCUT2D eigenvalue weighted by Gasteiger charge is 2.23. The Morgan fingerprint density at radius 2 is 1.91 bits per heavy atom. The Balaban J connectivity index is 1.48. The van der Waals surface area contributed by atoms with Gasteiger partial charge in [-0.05, 0) is 31.7 Å². The zero-order valence-corrected chi connectivity index (χ0v) is 14.4. The lowest BCUT2D eigenvalue weighted by Crippen LogP contribution is -2.30. The highest BCUT2D eigenvalue weighted by Crippen LogP contribution is 2.19. The molecule has 8 heteroatoms. The quantitative estimate of drug-likeness (QED) is 0.811. The number of sulfonamides is 1. The van der Waals surface area contributed by atoms with Gasteiger partial charge in [0.25, 0.3) is 0 Å². The van der Waals surface area contributed by atoms with Gasteiger partial charge in [-0.15, -0.1) is 0 Å². The van der Waals surface area contributed by atoms with Gasteiger partial charge in [-0.3, -0.25) is 4.90 Å². The number of nitrogens with zero attached hydrogens (tertiary/aromatic N) is 4. The van der Waals surface area contributed by atoms with Crippen LogP contribution >= 0.6 is 0 Å². The van der Waals surface area contributed by atoms with Crippen molar-refractivity contribution < 1.29 is 8.42 Å². The van der Waals surface area contributed by atoms with Crippen molar-refractivity contribution in [2.45, 2.75) is 25.8 Å². The molecule has 0 spiro atoms. The molecule has 0 amide bonds. The number of nitrogens with one attached hydrogen (secondary N) is 1. The SMILES string of the molecule is CS(=O)(=O)NCC1CCN(Cc2cnc(N3CCCC3)nc2)C1. The van der Waals surface area contributed by atoms with Crippen molar-refractivity contribution in [3.05, 3.63) is 18.0 Å². The van der Waals surface area contributed by atoms with Crippen molar-refractivity contribution in [2.75, 3.05) is 43.9 Å². The summed E-state index contributed by atoms with van der Waals surface area (Å²) in [5.74, 6) is 1.22. The highest BCUT2D eigenvalue weighted by atomic mass is 32.2. The second-order valence-electron chi connectivity index (χ2n) is 6.60. The van der Waals surface area contributed by atoms with Gasteiger partial charge in [-0.1, -0.05) is 0 Å². The van der Waals surface area contributed by atoms with Gasteiger partial charge in [0.2, 0.25) is 16.0 Å². The van der Waals surface area contributed by atoms with Crippen molar-refractivity contribution in [1.29, 1.82) is 0 Å². The fraction of sp³-hybridized carbons (Fsp3) is 0.733. The predicted molar refractivity (Wildman–Crippen MR) is 89.7 cm³/mol. The molecular formula is C15H25N5O2S.